The van der Waals surface area contributed by atoms with Crippen LogP contribution in [0.25, 0.3) is 0 Å². The van der Waals surface area contributed by atoms with E-state index in [0.29, 0.717) is 30.7 Å². The quantitative estimate of drug-likeness (QED) is 0.739. The SMILES string of the molecule is COC(=O)c1ccc(C(=O)N[C@H]2C[C@H]3CO[C@@H](CC(=O)N(C)C)CN3C2)cc1. The van der Waals surface area contributed by atoms with E-state index in [4.69, 9.17) is 4.74 Å². The first kappa shape index (κ1) is 20.3. The van der Waals surface area contributed by atoms with Crippen LogP contribution in [-0.2, 0) is 14.3 Å². The number of hydrogen-bond acceptors (Lipinski definition) is 6. The largest absolute Gasteiger partial charge is 0.465 e. The highest BCUT2D eigenvalue weighted by atomic mass is 16.5. The molecule has 3 rings (SSSR count). The van der Waals surface area contributed by atoms with Crippen LogP contribution in [0.4, 0.5) is 0 Å². The first-order chi connectivity index (χ1) is 13.4. The molecule has 152 valence electrons. The zero-order valence-electron chi connectivity index (χ0n) is 16.5. The maximum atomic E-state index is 12.5. The number of benzene rings is 1. The van der Waals surface area contributed by atoms with Crippen molar-refractivity contribution in [3.05, 3.63) is 35.4 Å². The van der Waals surface area contributed by atoms with E-state index in [-0.39, 0.29) is 30.0 Å². The topological polar surface area (TPSA) is 88.2 Å². The molecule has 2 amide bonds. The van der Waals surface area contributed by atoms with E-state index in [1.165, 1.54) is 7.11 Å². The Balaban J connectivity index is 1.52. The lowest BCUT2D eigenvalue weighted by Crippen LogP contribution is -2.47. The molecule has 2 saturated heterocycles. The van der Waals surface area contributed by atoms with Crippen LogP contribution in [0.1, 0.15) is 33.6 Å². The number of ether oxygens (including phenoxy) is 2. The third kappa shape index (κ3) is 4.69. The first-order valence-corrected chi connectivity index (χ1v) is 9.42. The number of nitrogens with one attached hydrogen (secondary N) is 1. The lowest BCUT2D eigenvalue weighted by atomic mass is 10.1. The summed E-state index contributed by atoms with van der Waals surface area (Å²) in [5.41, 5.74) is 0.913. The lowest BCUT2D eigenvalue weighted by molar-refractivity contribution is -0.134. The zero-order valence-corrected chi connectivity index (χ0v) is 16.5. The minimum atomic E-state index is -0.429. The molecule has 2 aliphatic rings. The van der Waals surface area contributed by atoms with Gasteiger partial charge in [-0.2, -0.15) is 0 Å². The van der Waals surface area contributed by atoms with Gasteiger partial charge in [0.2, 0.25) is 5.91 Å². The molecule has 8 heteroatoms. The van der Waals surface area contributed by atoms with E-state index in [9.17, 15) is 14.4 Å². The molecular formula is C20H27N3O5. The van der Waals surface area contributed by atoms with Gasteiger partial charge in [0, 0.05) is 44.8 Å². The Bertz CT molecular complexity index is 734. The number of morpholine rings is 1. The number of fused-ring (bicyclic) bond motifs is 1. The Kier molecular flexibility index (Phi) is 6.31. The number of hydrogen-bond donors (Lipinski definition) is 1. The van der Waals surface area contributed by atoms with Gasteiger partial charge in [-0.15, -0.1) is 0 Å². The molecule has 0 bridgehead atoms. The summed E-state index contributed by atoms with van der Waals surface area (Å²) in [5.74, 6) is -0.536. The summed E-state index contributed by atoms with van der Waals surface area (Å²) in [6, 6.07) is 6.70. The van der Waals surface area contributed by atoms with Crippen molar-refractivity contribution in [2.45, 2.75) is 31.0 Å². The molecule has 1 N–H and O–H groups in total. The van der Waals surface area contributed by atoms with Crippen molar-refractivity contribution in [1.29, 1.82) is 0 Å². The summed E-state index contributed by atoms with van der Waals surface area (Å²) in [5, 5.41) is 3.06. The molecule has 2 fully saturated rings. The van der Waals surface area contributed by atoms with E-state index in [0.717, 1.165) is 13.0 Å². The Labute approximate surface area is 164 Å². The molecular weight excluding hydrogens is 362 g/mol. The Morgan fingerprint density at radius 3 is 2.50 bits per heavy atom. The summed E-state index contributed by atoms with van der Waals surface area (Å²) in [4.78, 5) is 39.8. The molecule has 2 aliphatic heterocycles. The summed E-state index contributed by atoms with van der Waals surface area (Å²) in [7, 11) is 4.81. The van der Waals surface area contributed by atoms with Crippen molar-refractivity contribution < 1.29 is 23.9 Å². The van der Waals surface area contributed by atoms with Gasteiger partial charge in [-0.05, 0) is 30.7 Å². The monoisotopic (exact) mass is 389 g/mol. The number of esters is 1. The molecule has 1 aromatic rings. The third-order valence-electron chi connectivity index (χ3n) is 5.29. The van der Waals surface area contributed by atoms with Gasteiger partial charge in [0.05, 0.1) is 31.8 Å². The van der Waals surface area contributed by atoms with Gasteiger partial charge in [0.15, 0.2) is 0 Å². The molecule has 0 saturated carbocycles. The second-order valence-electron chi connectivity index (χ2n) is 7.53. The summed E-state index contributed by atoms with van der Waals surface area (Å²) >= 11 is 0. The predicted molar refractivity (Wildman–Crippen MR) is 102 cm³/mol. The Morgan fingerprint density at radius 1 is 1.18 bits per heavy atom. The van der Waals surface area contributed by atoms with E-state index in [1.54, 1.807) is 43.3 Å². The standard InChI is InChI=1S/C20H27N3O5/c1-22(2)18(24)9-17-11-23-10-15(8-16(23)12-28-17)21-19(25)13-4-6-14(7-5-13)20(26)27-3/h4-7,15-17H,8-12H2,1-3H3,(H,21,25)/t15-,16-,17-/m0/s1. The fourth-order valence-corrected chi connectivity index (χ4v) is 3.69. The van der Waals surface area contributed by atoms with Crippen molar-refractivity contribution in [3.63, 3.8) is 0 Å². The first-order valence-electron chi connectivity index (χ1n) is 9.42. The van der Waals surface area contributed by atoms with Crippen molar-refractivity contribution in [3.8, 4) is 0 Å². The molecule has 0 radical (unpaired) electrons. The number of carbonyl (C=O) groups is 3. The number of nitrogens with zero attached hydrogens (tertiary/aromatic N) is 2. The van der Waals surface area contributed by atoms with Crippen LogP contribution in [0.5, 0.6) is 0 Å². The van der Waals surface area contributed by atoms with Gasteiger partial charge in [-0.3, -0.25) is 14.5 Å². The van der Waals surface area contributed by atoms with Crippen LogP contribution in [-0.4, -0.2) is 86.7 Å². The van der Waals surface area contributed by atoms with Crippen molar-refractivity contribution in [2.24, 2.45) is 0 Å². The Morgan fingerprint density at radius 2 is 1.86 bits per heavy atom. The maximum absolute atomic E-state index is 12.5. The van der Waals surface area contributed by atoms with E-state index < -0.39 is 5.97 Å². The minimum Gasteiger partial charge on any atom is -0.465 e. The van der Waals surface area contributed by atoms with Gasteiger partial charge in [0.1, 0.15) is 0 Å². The number of methoxy groups -OCH3 is 1. The molecule has 0 aliphatic carbocycles. The van der Waals surface area contributed by atoms with Crippen LogP contribution in [0.15, 0.2) is 24.3 Å². The molecule has 28 heavy (non-hydrogen) atoms. The highest BCUT2D eigenvalue weighted by molar-refractivity contribution is 5.96. The van der Waals surface area contributed by atoms with Crippen LogP contribution >= 0.6 is 0 Å². The smallest absolute Gasteiger partial charge is 0.337 e. The van der Waals surface area contributed by atoms with Crippen LogP contribution in [0.3, 0.4) is 0 Å². The van der Waals surface area contributed by atoms with Crippen molar-refractivity contribution in [1.82, 2.24) is 15.1 Å². The van der Waals surface area contributed by atoms with Crippen LogP contribution in [0.2, 0.25) is 0 Å². The van der Waals surface area contributed by atoms with Crippen molar-refractivity contribution in [2.75, 3.05) is 40.9 Å². The van der Waals surface area contributed by atoms with E-state index >= 15 is 0 Å². The summed E-state index contributed by atoms with van der Waals surface area (Å²) < 4.78 is 10.5. The Hall–Kier alpha value is -2.45. The minimum absolute atomic E-state index is 0.0321. The average Bonchev–Trinajstić information content (AvgIpc) is 3.08. The zero-order chi connectivity index (χ0) is 20.3. The van der Waals surface area contributed by atoms with Crippen LogP contribution < -0.4 is 5.32 Å². The van der Waals surface area contributed by atoms with Gasteiger partial charge < -0.3 is 19.7 Å². The van der Waals surface area contributed by atoms with E-state index in [1.807, 2.05) is 0 Å². The van der Waals surface area contributed by atoms with Gasteiger partial charge in [-0.25, -0.2) is 4.79 Å². The normalized spacial score (nSPS) is 24.3. The fraction of sp³-hybridized carbons (Fsp3) is 0.550. The lowest BCUT2D eigenvalue weighted by Gasteiger charge is -2.35. The second-order valence-corrected chi connectivity index (χ2v) is 7.53. The second kappa shape index (κ2) is 8.70. The molecule has 2 heterocycles. The molecule has 3 atom stereocenters. The molecule has 0 spiro atoms. The number of amides is 2. The maximum Gasteiger partial charge on any atom is 0.337 e. The highest BCUT2D eigenvalue weighted by Gasteiger charge is 2.38. The number of rotatable bonds is 5. The average molecular weight is 389 g/mol. The predicted octanol–water partition coefficient (Wildman–Crippen LogP) is 0.523. The number of carbonyl (C=O) groups excluding carboxylic acids is 3. The van der Waals surface area contributed by atoms with E-state index in [2.05, 4.69) is 15.0 Å². The molecule has 0 aromatic heterocycles. The molecule has 8 nitrogen and oxygen atoms in total. The van der Waals surface area contributed by atoms with Gasteiger partial charge in [-0.1, -0.05) is 0 Å². The fourth-order valence-electron chi connectivity index (χ4n) is 3.69. The third-order valence-corrected chi connectivity index (χ3v) is 5.29. The van der Waals surface area contributed by atoms with Crippen LogP contribution in [0, 0.1) is 0 Å². The summed E-state index contributed by atoms with van der Waals surface area (Å²) in [6.45, 7) is 2.02. The summed E-state index contributed by atoms with van der Waals surface area (Å²) in [6.07, 6.45) is 1.09. The van der Waals surface area contributed by atoms with Gasteiger partial charge in [0.25, 0.3) is 5.91 Å². The van der Waals surface area contributed by atoms with Gasteiger partial charge >= 0.3 is 5.97 Å². The van der Waals surface area contributed by atoms with Crippen molar-refractivity contribution >= 4 is 17.8 Å². The molecule has 1 aromatic carbocycles. The highest BCUT2D eigenvalue weighted by Crippen LogP contribution is 2.25. The molecule has 0 unspecified atom stereocenters.